The van der Waals surface area contributed by atoms with Gasteiger partial charge in [-0.2, -0.15) is 0 Å². The van der Waals surface area contributed by atoms with Crippen LogP contribution in [-0.2, 0) is 44.4 Å². The zero-order chi connectivity index (χ0) is 40.1. The fraction of sp³-hybridized carbons (Fsp3) is 0.571. The van der Waals surface area contributed by atoms with E-state index in [1.807, 2.05) is 0 Å². The fourth-order valence-electron chi connectivity index (χ4n) is 6.12. The summed E-state index contributed by atoms with van der Waals surface area (Å²) in [6.45, 7) is -0.236. The third-order valence-corrected chi connectivity index (χ3v) is 9.37. The first-order valence-electron chi connectivity index (χ1n) is 17.2. The Morgan fingerprint density at radius 2 is 1.31 bits per heavy atom. The lowest BCUT2D eigenvalue weighted by molar-refractivity contribution is -0.370. The van der Waals surface area contributed by atoms with Crippen LogP contribution < -0.4 is 0 Å². The number of phenolic OH excluding ortho intramolecular Hbond substituents is 4. The lowest BCUT2D eigenvalue weighted by atomic mass is 9.97. The monoisotopic (exact) mass is 786 g/mol. The van der Waals surface area contributed by atoms with E-state index in [-0.39, 0.29) is 24.3 Å². The molecule has 0 aliphatic carbocycles. The average molecular weight is 787 g/mol. The highest BCUT2D eigenvalue weighted by Crippen LogP contribution is 2.33. The molecule has 20 nitrogen and oxygen atoms in total. The van der Waals surface area contributed by atoms with E-state index in [1.165, 1.54) is 43.3 Å². The molecule has 3 fully saturated rings. The van der Waals surface area contributed by atoms with Crippen molar-refractivity contribution in [2.75, 3.05) is 19.8 Å². The van der Waals surface area contributed by atoms with Gasteiger partial charge in [0, 0.05) is 6.08 Å². The first kappa shape index (κ1) is 42.4. The maximum Gasteiger partial charge on any atom is 0.331 e. The molecule has 0 bridgehead atoms. The molecule has 55 heavy (non-hydrogen) atoms. The van der Waals surface area contributed by atoms with Crippen molar-refractivity contribution in [3.05, 3.63) is 53.6 Å². The lowest BCUT2D eigenvalue weighted by Crippen LogP contribution is -2.65. The smallest absolute Gasteiger partial charge is 0.331 e. The maximum atomic E-state index is 13.3. The van der Waals surface area contributed by atoms with Crippen LogP contribution in [0, 0.1) is 0 Å². The Balaban J connectivity index is 1.43. The molecule has 20 heteroatoms. The Labute approximate surface area is 313 Å². The van der Waals surface area contributed by atoms with Crippen molar-refractivity contribution in [3.63, 3.8) is 0 Å². The quantitative estimate of drug-likeness (QED) is 0.0541. The van der Waals surface area contributed by atoms with Crippen molar-refractivity contribution in [2.45, 2.75) is 105 Å². The van der Waals surface area contributed by atoms with Crippen LogP contribution in [0.5, 0.6) is 23.0 Å². The van der Waals surface area contributed by atoms with Gasteiger partial charge < -0.3 is 94.4 Å². The average Bonchev–Trinajstić information content (AvgIpc) is 3.16. The van der Waals surface area contributed by atoms with Gasteiger partial charge in [-0.1, -0.05) is 12.1 Å². The third kappa shape index (κ3) is 10.0. The zero-order valence-electron chi connectivity index (χ0n) is 29.2. The highest BCUT2D eigenvalue weighted by atomic mass is 16.8. The first-order chi connectivity index (χ1) is 26.1. The van der Waals surface area contributed by atoms with Crippen LogP contribution in [0.1, 0.15) is 18.1 Å². The van der Waals surface area contributed by atoms with Gasteiger partial charge in [0.15, 0.2) is 54.1 Å². The van der Waals surface area contributed by atoms with Gasteiger partial charge in [0.1, 0.15) is 54.9 Å². The predicted octanol–water partition coefficient (Wildman–Crippen LogP) is -3.19. The van der Waals surface area contributed by atoms with E-state index in [9.17, 15) is 66.1 Å². The number of benzene rings is 2. The minimum absolute atomic E-state index is 0.0895. The molecule has 0 amide bonds. The van der Waals surface area contributed by atoms with Crippen molar-refractivity contribution in [1.29, 1.82) is 0 Å². The van der Waals surface area contributed by atoms with Gasteiger partial charge in [0.25, 0.3) is 0 Å². The number of hydrogen-bond donors (Lipinski definition) is 12. The molecule has 2 aromatic rings. The van der Waals surface area contributed by atoms with Crippen LogP contribution in [0.25, 0.3) is 6.08 Å². The van der Waals surface area contributed by atoms with Crippen molar-refractivity contribution < 1.29 is 99.2 Å². The maximum absolute atomic E-state index is 13.3. The molecule has 0 saturated carbocycles. The molecule has 3 aliphatic rings. The highest BCUT2D eigenvalue weighted by Gasteiger charge is 2.53. The molecule has 5 rings (SSSR count). The van der Waals surface area contributed by atoms with E-state index in [0.717, 1.165) is 12.1 Å². The van der Waals surface area contributed by atoms with Crippen LogP contribution in [0.2, 0.25) is 0 Å². The number of aliphatic hydroxyl groups is 8. The fourth-order valence-corrected chi connectivity index (χ4v) is 6.12. The Morgan fingerprint density at radius 3 is 1.98 bits per heavy atom. The minimum atomic E-state index is -1.87. The second-order valence-electron chi connectivity index (χ2n) is 13.3. The zero-order valence-corrected chi connectivity index (χ0v) is 29.2. The van der Waals surface area contributed by atoms with Crippen LogP contribution >= 0.6 is 0 Å². The van der Waals surface area contributed by atoms with Gasteiger partial charge in [0.05, 0.1) is 25.9 Å². The molecule has 3 heterocycles. The molecule has 12 N–H and O–H groups in total. The van der Waals surface area contributed by atoms with Gasteiger partial charge in [-0.15, -0.1) is 0 Å². The number of hydrogen-bond acceptors (Lipinski definition) is 20. The van der Waals surface area contributed by atoms with Gasteiger partial charge in [-0.05, 0) is 54.8 Å². The normalized spacial score (nSPS) is 36.9. The molecule has 15 atom stereocenters. The summed E-state index contributed by atoms with van der Waals surface area (Å²) in [4.78, 5) is 13.3. The van der Waals surface area contributed by atoms with E-state index < -0.39 is 129 Å². The predicted molar refractivity (Wildman–Crippen MR) is 180 cm³/mol. The largest absolute Gasteiger partial charge is 0.504 e. The summed E-state index contributed by atoms with van der Waals surface area (Å²) in [7, 11) is 0. The number of esters is 1. The van der Waals surface area contributed by atoms with E-state index >= 15 is 0 Å². The summed E-state index contributed by atoms with van der Waals surface area (Å²) in [5.41, 5.74) is 0.761. The van der Waals surface area contributed by atoms with E-state index in [1.54, 1.807) is 0 Å². The van der Waals surface area contributed by atoms with Crippen molar-refractivity contribution in [3.8, 4) is 23.0 Å². The number of rotatable bonds is 13. The summed E-state index contributed by atoms with van der Waals surface area (Å²) in [6.07, 6.45) is -22.4. The second kappa shape index (κ2) is 18.5. The van der Waals surface area contributed by atoms with E-state index in [0.29, 0.717) is 5.56 Å². The van der Waals surface area contributed by atoms with E-state index in [2.05, 4.69) is 0 Å². The van der Waals surface area contributed by atoms with Crippen LogP contribution in [0.4, 0.5) is 0 Å². The number of ether oxygens (including phenoxy) is 7. The number of aromatic hydroxyl groups is 4. The molecular weight excluding hydrogens is 740 g/mol. The molecule has 0 aromatic heterocycles. The summed E-state index contributed by atoms with van der Waals surface area (Å²) < 4.78 is 40.2. The van der Waals surface area contributed by atoms with Crippen molar-refractivity contribution in [2.24, 2.45) is 0 Å². The molecule has 3 aliphatic heterocycles. The topological polar surface area (TPSA) is 324 Å². The summed E-state index contributed by atoms with van der Waals surface area (Å²) in [5.74, 6) is -2.73. The van der Waals surface area contributed by atoms with Crippen LogP contribution in [0.3, 0.4) is 0 Å². The molecule has 0 spiro atoms. The Hall–Kier alpha value is -3.71. The Morgan fingerprint density at radius 1 is 0.673 bits per heavy atom. The van der Waals surface area contributed by atoms with Crippen molar-refractivity contribution in [1.82, 2.24) is 0 Å². The Kier molecular flexibility index (Phi) is 14.3. The SMILES string of the molecule is C[C@@H]1O[C@@H](O[C@H]2[C@H](OCCc3ccc(O)c(O)c3)O[C@H](CO[C@@H]3O[C@H](CO)[C@@H](O)[C@H](O)[C@H]3O)[C@@H](O)[C@H]2OC(=O)C=Cc2ccc(O)c(O)c2)[C@H](O)[C@H](O)[C@H]1O. The van der Waals surface area contributed by atoms with Gasteiger partial charge in [-0.3, -0.25) is 0 Å². The summed E-state index contributed by atoms with van der Waals surface area (Å²) in [5, 5.41) is 123. The number of phenols is 4. The first-order valence-corrected chi connectivity index (χ1v) is 17.2. The standard InChI is InChI=1S/C35H46O20/c1-14-24(42)27(45)30(48)34(51-14)55-32-31(54-23(41)7-4-15-2-5-17(37)19(39)10-15)26(44)22(13-50-33-29(47)28(46)25(43)21(12-36)52-33)53-35(32)49-9-8-16-3-6-18(38)20(40)11-16/h2-7,10-11,14,21-22,24-40,42-48H,8-9,12-13H2,1H3/t14-,21+,22+,24-,25+,26+,27+,28-,29+,30+,31+,32+,33+,34-,35+/m0/s1. The lowest BCUT2D eigenvalue weighted by Gasteiger charge is -2.47. The molecular formula is C35H46O20. The number of aliphatic hydroxyl groups excluding tert-OH is 8. The van der Waals surface area contributed by atoms with Crippen LogP contribution in [0.15, 0.2) is 42.5 Å². The summed E-state index contributed by atoms with van der Waals surface area (Å²) in [6, 6.07) is 7.74. The number of carbonyl (C=O) groups excluding carboxylic acids is 1. The Bertz CT molecular complexity index is 1610. The highest BCUT2D eigenvalue weighted by molar-refractivity contribution is 5.87. The molecule has 306 valence electrons. The number of carbonyl (C=O) groups is 1. The summed E-state index contributed by atoms with van der Waals surface area (Å²) >= 11 is 0. The molecule has 0 radical (unpaired) electrons. The molecule has 2 aromatic carbocycles. The van der Waals surface area contributed by atoms with Crippen LogP contribution in [-0.4, -0.2) is 179 Å². The molecule has 3 saturated heterocycles. The molecule has 0 unspecified atom stereocenters. The third-order valence-electron chi connectivity index (χ3n) is 9.37. The van der Waals surface area contributed by atoms with E-state index in [4.69, 9.17) is 33.2 Å². The minimum Gasteiger partial charge on any atom is -0.504 e. The van der Waals surface area contributed by atoms with Gasteiger partial charge in [-0.25, -0.2) is 4.79 Å². The van der Waals surface area contributed by atoms with Gasteiger partial charge >= 0.3 is 5.97 Å². The van der Waals surface area contributed by atoms with Crippen molar-refractivity contribution >= 4 is 12.0 Å². The van der Waals surface area contributed by atoms with Gasteiger partial charge in [0.2, 0.25) is 0 Å². The second-order valence-corrected chi connectivity index (χ2v) is 13.3.